The number of benzene rings is 3. The second-order valence-corrected chi connectivity index (χ2v) is 10.8. The summed E-state index contributed by atoms with van der Waals surface area (Å²) >= 11 is 1.34. The minimum atomic E-state index is -3.46. The number of methoxy groups -OCH3 is 1. The highest BCUT2D eigenvalue weighted by Crippen LogP contribution is 2.26. The van der Waals surface area contributed by atoms with Crippen molar-refractivity contribution < 1.29 is 17.9 Å². The molecular weight excluding hydrogens is 480 g/mol. The maximum absolute atomic E-state index is 12.7. The number of nitrogens with zero attached hydrogens (tertiary/aromatic N) is 1. The second kappa shape index (κ2) is 10.7. The van der Waals surface area contributed by atoms with Crippen molar-refractivity contribution in [3.63, 3.8) is 0 Å². The van der Waals surface area contributed by atoms with E-state index in [1.165, 1.54) is 17.4 Å². The minimum Gasteiger partial charge on any atom is -0.497 e. The molecular formula is C27H24N2O4S2. The van der Waals surface area contributed by atoms with Gasteiger partial charge in [-0.15, -0.1) is 11.3 Å². The smallest absolute Gasteiger partial charge is 0.250 e. The standard InChI is InChI=1S/C27H24N2O4S2/c1-19-3-5-21(6-4-19)18-35(31,32)24-14-7-20(8-15-24)9-16-26(30)29-27-28-25(17-34-27)22-10-12-23(33-2)13-11-22/h3-17H,18H2,1-2H3,(H,28,29,30). The molecule has 1 amide bonds. The van der Waals surface area contributed by atoms with Gasteiger partial charge in [-0.1, -0.05) is 42.0 Å². The third kappa shape index (κ3) is 6.44. The van der Waals surface area contributed by atoms with Crippen molar-refractivity contribution in [2.45, 2.75) is 17.6 Å². The van der Waals surface area contributed by atoms with Crippen LogP contribution in [0.2, 0.25) is 0 Å². The molecule has 0 atom stereocenters. The highest BCUT2D eigenvalue weighted by Gasteiger charge is 2.15. The fraction of sp³-hybridized carbons (Fsp3) is 0.111. The van der Waals surface area contributed by atoms with E-state index in [-0.39, 0.29) is 16.6 Å². The van der Waals surface area contributed by atoms with E-state index < -0.39 is 9.84 Å². The summed E-state index contributed by atoms with van der Waals surface area (Å²) in [4.78, 5) is 17.0. The van der Waals surface area contributed by atoms with E-state index >= 15 is 0 Å². The highest BCUT2D eigenvalue weighted by molar-refractivity contribution is 7.90. The van der Waals surface area contributed by atoms with Crippen LogP contribution in [0.1, 0.15) is 16.7 Å². The van der Waals surface area contributed by atoms with Crippen LogP contribution in [-0.2, 0) is 20.4 Å². The predicted molar refractivity (Wildman–Crippen MR) is 140 cm³/mol. The number of hydrogen-bond donors (Lipinski definition) is 1. The Kier molecular flexibility index (Phi) is 7.43. The van der Waals surface area contributed by atoms with Crippen molar-refractivity contribution in [3.05, 3.63) is 101 Å². The normalized spacial score (nSPS) is 11.5. The first-order valence-corrected chi connectivity index (χ1v) is 13.3. The van der Waals surface area contributed by atoms with Crippen LogP contribution in [0.4, 0.5) is 5.13 Å². The summed E-state index contributed by atoms with van der Waals surface area (Å²) in [5.41, 5.74) is 4.23. The number of hydrogen-bond acceptors (Lipinski definition) is 6. The number of carbonyl (C=O) groups is 1. The van der Waals surface area contributed by atoms with Crippen LogP contribution in [0.25, 0.3) is 17.3 Å². The molecule has 0 aliphatic rings. The van der Waals surface area contributed by atoms with Crippen LogP contribution in [-0.4, -0.2) is 26.4 Å². The molecule has 0 aliphatic heterocycles. The molecule has 0 unspecified atom stereocenters. The first-order chi connectivity index (χ1) is 16.8. The number of anilines is 1. The van der Waals surface area contributed by atoms with Gasteiger partial charge in [-0.05, 0) is 60.5 Å². The Morgan fingerprint density at radius 2 is 1.69 bits per heavy atom. The third-order valence-corrected chi connectivity index (χ3v) is 7.73. The molecule has 1 aromatic heterocycles. The van der Waals surface area contributed by atoms with E-state index in [1.807, 2.05) is 60.8 Å². The zero-order valence-electron chi connectivity index (χ0n) is 19.3. The third-order valence-electron chi connectivity index (χ3n) is 5.26. The summed E-state index contributed by atoms with van der Waals surface area (Å²) in [7, 11) is -1.84. The Bertz CT molecular complexity index is 1440. The van der Waals surface area contributed by atoms with Gasteiger partial charge >= 0.3 is 0 Å². The van der Waals surface area contributed by atoms with Crippen LogP contribution in [0.5, 0.6) is 5.75 Å². The topological polar surface area (TPSA) is 85.4 Å². The minimum absolute atomic E-state index is 0.0583. The van der Waals surface area contributed by atoms with Crippen molar-refractivity contribution in [3.8, 4) is 17.0 Å². The van der Waals surface area contributed by atoms with E-state index in [1.54, 1.807) is 37.5 Å². The predicted octanol–water partition coefficient (Wildman–Crippen LogP) is 5.75. The molecule has 0 spiro atoms. The number of carbonyl (C=O) groups excluding carboxylic acids is 1. The Morgan fingerprint density at radius 1 is 1.00 bits per heavy atom. The van der Waals surface area contributed by atoms with E-state index in [9.17, 15) is 13.2 Å². The molecule has 4 aromatic rings. The number of ether oxygens (including phenoxy) is 1. The lowest BCUT2D eigenvalue weighted by Gasteiger charge is -2.06. The fourth-order valence-corrected chi connectivity index (χ4v) is 5.39. The molecule has 0 bridgehead atoms. The Hall–Kier alpha value is -3.75. The van der Waals surface area contributed by atoms with Gasteiger partial charge in [-0.25, -0.2) is 13.4 Å². The zero-order chi connectivity index (χ0) is 24.8. The van der Waals surface area contributed by atoms with E-state index in [2.05, 4.69) is 10.3 Å². The van der Waals surface area contributed by atoms with Gasteiger partial charge in [0.15, 0.2) is 15.0 Å². The van der Waals surface area contributed by atoms with Gasteiger partial charge in [0.25, 0.3) is 0 Å². The van der Waals surface area contributed by atoms with Crippen molar-refractivity contribution >= 4 is 38.3 Å². The maximum Gasteiger partial charge on any atom is 0.250 e. The lowest BCUT2D eigenvalue weighted by atomic mass is 10.2. The molecule has 0 saturated heterocycles. The molecule has 0 saturated carbocycles. The molecule has 0 radical (unpaired) electrons. The molecule has 3 aromatic carbocycles. The molecule has 178 valence electrons. The number of rotatable bonds is 8. The molecule has 1 N–H and O–H groups in total. The summed E-state index contributed by atoms with van der Waals surface area (Å²) in [5, 5.41) is 5.11. The van der Waals surface area contributed by atoms with E-state index in [0.717, 1.165) is 28.1 Å². The van der Waals surface area contributed by atoms with Gasteiger partial charge in [-0.3, -0.25) is 10.1 Å². The summed E-state index contributed by atoms with van der Waals surface area (Å²) < 4.78 is 30.6. The number of thiazole rings is 1. The number of amides is 1. The second-order valence-electron chi connectivity index (χ2n) is 7.90. The fourth-order valence-electron chi connectivity index (χ4n) is 3.32. The summed E-state index contributed by atoms with van der Waals surface area (Å²) in [5.74, 6) is 0.383. The summed E-state index contributed by atoms with van der Waals surface area (Å²) in [6.07, 6.45) is 3.02. The highest BCUT2D eigenvalue weighted by atomic mass is 32.2. The van der Waals surface area contributed by atoms with Crippen LogP contribution in [0.15, 0.2) is 89.1 Å². The Labute approximate surface area is 208 Å². The monoisotopic (exact) mass is 504 g/mol. The quantitative estimate of drug-likeness (QED) is 0.309. The average molecular weight is 505 g/mol. The van der Waals surface area contributed by atoms with E-state index in [0.29, 0.717) is 10.7 Å². The Balaban J connectivity index is 1.36. The van der Waals surface area contributed by atoms with Gasteiger partial charge in [0.05, 0.1) is 23.5 Å². The van der Waals surface area contributed by atoms with Gasteiger partial charge in [-0.2, -0.15) is 0 Å². The first kappa shape index (κ1) is 24.4. The number of aryl methyl sites for hydroxylation is 1. The largest absolute Gasteiger partial charge is 0.497 e. The molecule has 8 heteroatoms. The van der Waals surface area contributed by atoms with Gasteiger partial charge < -0.3 is 4.74 Å². The molecule has 4 rings (SSSR count). The Morgan fingerprint density at radius 3 is 2.34 bits per heavy atom. The average Bonchev–Trinajstić information content (AvgIpc) is 3.33. The van der Waals surface area contributed by atoms with Crippen LogP contribution < -0.4 is 10.1 Å². The molecule has 35 heavy (non-hydrogen) atoms. The molecule has 1 heterocycles. The summed E-state index contributed by atoms with van der Waals surface area (Å²) in [6.45, 7) is 1.96. The number of aromatic nitrogens is 1. The number of nitrogens with one attached hydrogen (secondary N) is 1. The summed E-state index contributed by atoms with van der Waals surface area (Å²) in [6, 6.07) is 21.4. The lowest BCUT2D eigenvalue weighted by molar-refractivity contribution is -0.111. The van der Waals surface area contributed by atoms with Crippen LogP contribution in [0, 0.1) is 6.92 Å². The van der Waals surface area contributed by atoms with Crippen molar-refractivity contribution in [2.75, 3.05) is 12.4 Å². The molecule has 0 aliphatic carbocycles. The molecule has 0 fully saturated rings. The van der Waals surface area contributed by atoms with Crippen LogP contribution >= 0.6 is 11.3 Å². The zero-order valence-corrected chi connectivity index (χ0v) is 20.9. The van der Waals surface area contributed by atoms with Crippen molar-refractivity contribution in [1.29, 1.82) is 0 Å². The SMILES string of the molecule is COc1ccc(-c2csc(NC(=O)C=Cc3ccc(S(=O)(=O)Cc4ccc(C)cc4)cc3)n2)cc1. The van der Waals surface area contributed by atoms with Gasteiger partial charge in [0.2, 0.25) is 5.91 Å². The molecule has 6 nitrogen and oxygen atoms in total. The van der Waals surface area contributed by atoms with Crippen LogP contribution in [0.3, 0.4) is 0 Å². The van der Waals surface area contributed by atoms with Crippen molar-refractivity contribution in [1.82, 2.24) is 4.98 Å². The number of sulfone groups is 1. The first-order valence-electron chi connectivity index (χ1n) is 10.8. The van der Waals surface area contributed by atoms with Crippen molar-refractivity contribution in [2.24, 2.45) is 0 Å². The van der Waals surface area contributed by atoms with E-state index in [4.69, 9.17) is 4.74 Å². The van der Waals surface area contributed by atoms with Gasteiger partial charge in [0.1, 0.15) is 5.75 Å². The maximum atomic E-state index is 12.7. The van der Waals surface area contributed by atoms with Gasteiger partial charge in [0, 0.05) is 17.0 Å². The lowest BCUT2D eigenvalue weighted by Crippen LogP contribution is -2.07.